The third kappa shape index (κ3) is 4.36. The van der Waals surface area contributed by atoms with Gasteiger partial charge in [-0.05, 0) is 48.4 Å². The van der Waals surface area contributed by atoms with Gasteiger partial charge in [-0.1, -0.05) is 30.7 Å². The normalized spacial score (nSPS) is 10.8. The molecule has 21 heavy (non-hydrogen) atoms. The lowest BCUT2D eigenvalue weighted by Gasteiger charge is -2.09. The lowest BCUT2D eigenvalue weighted by atomic mass is 10.1. The number of halogens is 1. The van der Waals surface area contributed by atoms with E-state index < -0.39 is 5.97 Å². The van der Waals surface area contributed by atoms with Gasteiger partial charge in [-0.3, -0.25) is 0 Å². The van der Waals surface area contributed by atoms with Crippen LogP contribution in [0.4, 0.5) is 0 Å². The zero-order chi connectivity index (χ0) is 15.2. The van der Waals surface area contributed by atoms with E-state index in [1.54, 1.807) is 18.2 Å². The molecule has 0 heterocycles. The van der Waals surface area contributed by atoms with Crippen molar-refractivity contribution in [1.29, 1.82) is 0 Å². The summed E-state index contributed by atoms with van der Waals surface area (Å²) in [5.41, 5.74) is 1.84. The van der Waals surface area contributed by atoms with E-state index >= 15 is 0 Å². The first kappa shape index (κ1) is 15.1. The minimum absolute atomic E-state index is 0.522. The molecule has 0 aliphatic rings. The number of ether oxygens (including phenoxy) is 1. The number of aliphatic carboxylic acids is 1. The molecular formula is C17H15ClO3. The van der Waals surface area contributed by atoms with Crippen LogP contribution in [-0.4, -0.2) is 11.1 Å². The summed E-state index contributed by atoms with van der Waals surface area (Å²) in [6, 6.07) is 12.9. The van der Waals surface area contributed by atoms with Crippen molar-refractivity contribution < 1.29 is 14.6 Å². The summed E-state index contributed by atoms with van der Waals surface area (Å²) in [5.74, 6) is 0.230. The number of aryl methyl sites for hydroxylation is 1. The Morgan fingerprint density at radius 2 is 1.95 bits per heavy atom. The molecule has 0 saturated heterocycles. The molecule has 0 saturated carbocycles. The van der Waals surface area contributed by atoms with Crippen LogP contribution in [0.2, 0.25) is 5.02 Å². The average Bonchev–Trinajstić information content (AvgIpc) is 2.48. The fourth-order valence-electron chi connectivity index (χ4n) is 1.82. The van der Waals surface area contributed by atoms with Gasteiger partial charge in [-0.25, -0.2) is 4.79 Å². The maximum absolute atomic E-state index is 10.6. The molecule has 0 amide bonds. The molecule has 0 spiro atoms. The van der Waals surface area contributed by atoms with Crippen LogP contribution in [0, 0.1) is 0 Å². The highest BCUT2D eigenvalue weighted by atomic mass is 35.5. The van der Waals surface area contributed by atoms with Crippen molar-refractivity contribution in [3.8, 4) is 11.5 Å². The van der Waals surface area contributed by atoms with Crippen LogP contribution in [0.25, 0.3) is 6.08 Å². The third-order valence-corrected chi connectivity index (χ3v) is 3.17. The second-order valence-electron chi connectivity index (χ2n) is 4.45. The van der Waals surface area contributed by atoms with Gasteiger partial charge in [0.25, 0.3) is 0 Å². The van der Waals surface area contributed by atoms with E-state index in [9.17, 15) is 4.79 Å². The van der Waals surface area contributed by atoms with Crippen molar-refractivity contribution in [2.24, 2.45) is 0 Å². The molecule has 2 aromatic rings. The standard InChI is InChI=1S/C17H15ClO3/c1-2-12-3-7-15(8-4-12)21-16-9-6-14(18)11-13(16)5-10-17(19)20/h3-11H,2H2,1H3,(H,19,20)/b10-5+. The van der Waals surface area contributed by atoms with E-state index in [1.165, 1.54) is 11.6 Å². The second-order valence-corrected chi connectivity index (χ2v) is 4.89. The van der Waals surface area contributed by atoms with Gasteiger partial charge in [0.2, 0.25) is 0 Å². The zero-order valence-corrected chi connectivity index (χ0v) is 12.3. The summed E-state index contributed by atoms with van der Waals surface area (Å²) in [4.78, 5) is 10.6. The van der Waals surface area contributed by atoms with Crippen molar-refractivity contribution >= 4 is 23.6 Å². The molecular weight excluding hydrogens is 288 g/mol. The van der Waals surface area contributed by atoms with Crippen molar-refractivity contribution in [3.05, 3.63) is 64.7 Å². The highest BCUT2D eigenvalue weighted by molar-refractivity contribution is 6.30. The van der Waals surface area contributed by atoms with E-state index in [-0.39, 0.29) is 0 Å². The number of benzene rings is 2. The first-order valence-electron chi connectivity index (χ1n) is 6.56. The maximum atomic E-state index is 10.6. The van der Waals surface area contributed by atoms with Crippen LogP contribution in [0.5, 0.6) is 11.5 Å². The molecule has 108 valence electrons. The van der Waals surface area contributed by atoms with Gasteiger partial charge in [-0.15, -0.1) is 0 Å². The Morgan fingerprint density at radius 1 is 1.24 bits per heavy atom. The largest absolute Gasteiger partial charge is 0.478 e. The molecule has 0 atom stereocenters. The molecule has 0 radical (unpaired) electrons. The van der Waals surface area contributed by atoms with Crippen LogP contribution in [0.3, 0.4) is 0 Å². The molecule has 3 nitrogen and oxygen atoms in total. The van der Waals surface area contributed by atoms with Gasteiger partial charge in [0.05, 0.1) is 0 Å². The van der Waals surface area contributed by atoms with E-state index in [0.717, 1.165) is 12.5 Å². The summed E-state index contributed by atoms with van der Waals surface area (Å²) in [7, 11) is 0. The van der Waals surface area contributed by atoms with Crippen LogP contribution in [0.15, 0.2) is 48.5 Å². The molecule has 1 N–H and O–H groups in total. The number of carbonyl (C=O) groups is 1. The zero-order valence-electron chi connectivity index (χ0n) is 11.5. The Kier molecular flexibility index (Phi) is 5.01. The SMILES string of the molecule is CCc1ccc(Oc2ccc(Cl)cc2/C=C/C(=O)O)cc1. The molecule has 0 bridgehead atoms. The van der Waals surface area contributed by atoms with Crippen LogP contribution in [-0.2, 0) is 11.2 Å². The van der Waals surface area contributed by atoms with Crippen LogP contribution in [0.1, 0.15) is 18.1 Å². The van der Waals surface area contributed by atoms with Gasteiger partial charge >= 0.3 is 5.97 Å². The predicted octanol–water partition coefficient (Wildman–Crippen LogP) is 4.79. The molecule has 0 unspecified atom stereocenters. The summed E-state index contributed by atoms with van der Waals surface area (Å²) in [6.07, 6.45) is 3.48. The number of rotatable bonds is 5. The Morgan fingerprint density at radius 3 is 2.57 bits per heavy atom. The molecule has 2 rings (SSSR count). The monoisotopic (exact) mass is 302 g/mol. The highest BCUT2D eigenvalue weighted by Crippen LogP contribution is 2.29. The number of carboxylic acids is 1. The third-order valence-electron chi connectivity index (χ3n) is 2.94. The number of hydrogen-bond acceptors (Lipinski definition) is 2. The van der Waals surface area contributed by atoms with Crippen molar-refractivity contribution in [2.45, 2.75) is 13.3 Å². The van der Waals surface area contributed by atoms with Crippen LogP contribution < -0.4 is 4.74 Å². The van der Waals surface area contributed by atoms with Gasteiger partial charge < -0.3 is 9.84 Å². The van der Waals surface area contributed by atoms with Gasteiger partial charge in [0.1, 0.15) is 11.5 Å². The quantitative estimate of drug-likeness (QED) is 0.808. The van der Waals surface area contributed by atoms with Gasteiger partial charge in [-0.2, -0.15) is 0 Å². The van der Waals surface area contributed by atoms with Crippen molar-refractivity contribution in [2.75, 3.05) is 0 Å². The Labute approximate surface area is 128 Å². The smallest absolute Gasteiger partial charge is 0.328 e. The topological polar surface area (TPSA) is 46.5 Å². The molecule has 0 aromatic heterocycles. The summed E-state index contributed by atoms with van der Waals surface area (Å²) >= 11 is 5.94. The van der Waals surface area contributed by atoms with Crippen molar-refractivity contribution in [1.82, 2.24) is 0 Å². The van der Waals surface area contributed by atoms with E-state index in [2.05, 4.69) is 6.92 Å². The first-order chi connectivity index (χ1) is 10.1. The van der Waals surface area contributed by atoms with Gasteiger partial charge in [0, 0.05) is 16.7 Å². The highest BCUT2D eigenvalue weighted by Gasteiger charge is 2.05. The lowest BCUT2D eigenvalue weighted by molar-refractivity contribution is -0.131. The molecule has 4 heteroatoms. The molecule has 0 aliphatic heterocycles. The Balaban J connectivity index is 2.27. The molecule has 2 aromatic carbocycles. The fourth-order valence-corrected chi connectivity index (χ4v) is 2.00. The molecule has 0 aliphatic carbocycles. The van der Waals surface area contributed by atoms with E-state index in [1.807, 2.05) is 24.3 Å². The number of hydrogen-bond donors (Lipinski definition) is 1. The lowest BCUT2D eigenvalue weighted by Crippen LogP contribution is -1.90. The van der Waals surface area contributed by atoms with Crippen molar-refractivity contribution in [3.63, 3.8) is 0 Å². The minimum atomic E-state index is -1.02. The first-order valence-corrected chi connectivity index (χ1v) is 6.93. The minimum Gasteiger partial charge on any atom is -0.478 e. The van der Waals surface area contributed by atoms with E-state index in [4.69, 9.17) is 21.4 Å². The Bertz CT molecular complexity index is 660. The maximum Gasteiger partial charge on any atom is 0.328 e. The second kappa shape index (κ2) is 6.95. The van der Waals surface area contributed by atoms with E-state index in [0.29, 0.717) is 22.1 Å². The van der Waals surface area contributed by atoms with Crippen LogP contribution >= 0.6 is 11.6 Å². The predicted molar refractivity (Wildman–Crippen MR) is 84.0 cm³/mol. The molecule has 0 fully saturated rings. The average molecular weight is 303 g/mol. The number of carboxylic acid groups (broad SMARTS) is 1. The van der Waals surface area contributed by atoms with Gasteiger partial charge in [0.15, 0.2) is 0 Å². The summed E-state index contributed by atoms with van der Waals surface area (Å²) in [5, 5.41) is 9.24. The summed E-state index contributed by atoms with van der Waals surface area (Å²) < 4.78 is 5.79. The fraction of sp³-hybridized carbons (Fsp3) is 0.118. The summed E-state index contributed by atoms with van der Waals surface area (Å²) in [6.45, 7) is 2.09. The Hall–Kier alpha value is -2.26.